The van der Waals surface area contributed by atoms with Crippen LogP contribution in [0.25, 0.3) is 10.8 Å². The molecule has 0 heterocycles. The van der Waals surface area contributed by atoms with E-state index >= 15 is 0 Å². The Morgan fingerprint density at radius 1 is 1.00 bits per heavy atom. The molecule has 3 nitrogen and oxygen atoms in total. The zero-order valence-electron chi connectivity index (χ0n) is 13.6. The van der Waals surface area contributed by atoms with Gasteiger partial charge in [-0.3, -0.25) is 4.79 Å². The third-order valence-corrected chi connectivity index (χ3v) is 5.09. The highest BCUT2D eigenvalue weighted by Crippen LogP contribution is 2.27. The number of halogens is 2. The molecule has 1 N–H and O–H groups in total. The zero-order chi connectivity index (χ0) is 17.8. The molecule has 126 valence electrons. The van der Waals surface area contributed by atoms with E-state index in [0.717, 1.165) is 36.6 Å². The van der Waals surface area contributed by atoms with Gasteiger partial charge in [0, 0.05) is 8.95 Å². The second kappa shape index (κ2) is 7.93. The molecule has 0 aromatic heterocycles. The van der Waals surface area contributed by atoms with E-state index in [1.54, 1.807) is 0 Å². The van der Waals surface area contributed by atoms with E-state index in [-0.39, 0.29) is 12.3 Å². The number of carbonyl (C=O) groups is 1. The molecule has 0 unspecified atom stereocenters. The number of benzene rings is 3. The molecule has 0 atom stereocenters. The van der Waals surface area contributed by atoms with Crippen LogP contribution < -0.4 is 5.43 Å². The fourth-order valence-corrected chi connectivity index (χ4v) is 3.49. The Balaban J connectivity index is 1.75. The van der Waals surface area contributed by atoms with Gasteiger partial charge in [-0.15, -0.1) is 0 Å². The lowest BCUT2D eigenvalue weighted by Crippen LogP contribution is -2.21. The van der Waals surface area contributed by atoms with E-state index in [0.29, 0.717) is 0 Å². The number of nitrogens with one attached hydrogen (secondary N) is 1. The van der Waals surface area contributed by atoms with Gasteiger partial charge in [0.15, 0.2) is 0 Å². The lowest BCUT2D eigenvalue weighted by atomic mass is 10.0. The van der Waals surface area contributed by atoms with Crippen molar-refractivity contribution in [1.29, 1.82) is 0 Å². The largest absolute Gasteiger partial charge is 0.273 e. The summed E-state index contributed by atoms with van der Waals surface area (Å²) >= 11 is 6.99. The molecule has 5 heteroatoms. The van der Waals surface area contributed by atoms with Crippen molar-refractivity contribution in [2.45, 2.75) is 13.3 Å². The Morgan fingerprint density at radius 2 is 1.76 bits per heavy atom. The summed E-state index contributed by atoms with van der Waals surface area (Å²) in [5, 5.41) is 6.38. The summed E-state index contributed by atoms with van der Waals surface area (Å²) in [7, 11) is 0. The van der Waals surface area contributed by atoms with Crippen LogP contribution in [0.2, 0.25) is 0 Å². The molecular weight excluding hydrogens is 444 g/mol. The van der Waals surface area contributed by atoms with Gasteiger partial charge < -0.3 is 0 Å². The lowest BCUT2D eigenvalue weighted by Gasteiger charge is -2.08. The number of hydrogen-bond acceptors (Lipinski definition) is 2. The van der Waals surface area contributed by atoms with Crippen LogP contribution >= 0.6 is 31.9 Å². The first-order chi connectivity index (χ1) is 12.0. The summed E-state index contributed by atoms with van der Waals surface area (Å²) < 4.78 is 2.00. The van der Waals surface area contributed by atoms with Gasteiger partial charge >= 0.3 is 0 Å². The van der Waals surface area contributed by atoms with Crippen LogP contribution in [0.3, 0.4) is 0 Å². The summed E-state index contributed by atoms with van der Waals surface area (Å²) in [4.78, 5) is 12.3. The van der Waals surface area contributed by atoms with E-state index in [1.807, 2.05) is 67.6 Å². The highest BCUT2D eigenvalue weighted by Gasteiger charge is 2.08. The van der Waals surface area contributed by atoms with Gasteiger partial charge in [-0.25, -0.2) is 5.43 Å². The van der Waals surface area contributed by atoms with Crippen molar-refractivity contribution in [2.24, 2.45) is 5.10 Å². The fourth-order valence-electron chi connectivity index (χ4n) is 2.62. The molecule has 0 fully saturated rings. The van der Waals surface area contributed by atoms with Crippen molar-refractivity contribution in [1.82, 2.24) is 5.43 Å². The van der Waals surface area contributed by atoms with E-state index in [1.165, 1.54) is 0 Å². The minimum Gasteiger partial charge on any atom is -0.273 e. The Morgan fingerprint density at radius 3 is 2.52 bits per heavy atom. The van der Waals surface area contributed by atoms with Crippen molar-refractivity contribution in [3.63, 3.8) is 0 Å². The molecule has 3 aromatic rings. The van der Waals surface area contributed by atoms with E-state index < -0.39 is 0 Å². The van der Waals surface area contributed by atoms with Crippen molar-refractivity contribution in [2.75, 3.05) is 0 Å². The highest BCUT2D eigenvalue weighted by molar-refractivity contribution is 9.11. The molecule has 0 spiro atoms. The monoisotopic (exact) mass is 458 g/mol. The van der Waals surface area contributed by atoms with Crippen LogP contribution in [0, 0.1) is 0 Å². The molecule has 25 heavy (non-hydrogen) atoms. The number of hydrazone groups is 1. The molecule has 3 aromatic carbocycles. The molecule has 3 rings (SSSR count). The van der Waals surface area contributed by atoms with Gasteiger partial charge in [0.1, 0.15) is 0 Å². The van der Waals surface area contributed by atoms with Crippen molar-refractivity contribution < 1.29 is 4.79 Å². The summed E-state index contributed by atoms with van der Waals surface area (Å²) in [5.41, 5.74) is 5.35. The third-order valence-electron chi connectivity index (χ3n) is 3.90. The number of amides is 1. The van der Waals surface area contributed by atoms with Crippen LogP contribution in [0.1, 0.15) is 18.1 Å². The predicted octanol–water partition coefficient (Wildman–Crippen LogP) is 5.45. The standard InChI is InChI=1S/C20H16Br2N2O/c1-13(14-5-4-6-16(21)11-14)23-24-20(25)12-15-9-10-19(22)18-8-3-2-7-17(15)18/h2-11H,12H2,1H3,(H,24,25). The highest BCUT2D eigenvalue weighted by atomic mass is 79.9. The third kappa shape index (κ3) is 4.35. The van der Waals surface area contributed by atoms with E-state index in [4.69, 9.17) is 0 Å². The Bertz CT molecular complexity index is 967. The normalized spacial score (nSPS) is 11.6. The van der Waals surface area contributed by atoms with Gasteiger partial charge in [-0.2, -0.15) is 5.10 Å². The average Bonchev–Trinajstić information content (AvgIpc) is 2.62. The maximum absolute atomic E-state index is 12.3. The molecule has 0 saturated carbocycles. The van der Waals surface area contributed by atoms with Crippen LogP contribution in [-0.4, -0.2) is 11.6 Å². The molecule has 0 aliphatic heterocycles. The molecule has 0 aliphatic carbocycles. The minimum absolute atomic E-state index is 0.137. The SMILES string of the molecule is CC(=NNC(=O)Cc1ccc(Br)c2ccccc12)c1cccc(Br)c1. The summed E-state index contributed by atoms with van der Waals surface area (Å²) in [5.74, 6) is -0.137. The molecule has 0 bridgehead atoms. The molecule has 0 saturated heterocycles. The van der Waals surface area contributed by atoms with Gasteiger partial charge in [-0.1, -0.05) is 74.3 Å². The minimum atomic E-state index is -0.137. The molecule has 0 radical (unpaired) electrons. The van der Waals surface area contributed by atoms with Crippen molar-refractivity contribution in [3.8, 4) is 0 Å². The summed E-state index contributed by atoms with van der Waals surface area (Å²) in [6.07, 6.45) is 0.281. The number of carbonyl (C=O) groups excluding carboxylic acids is 1. The van der Waals surface area contributed by atoms with Gasteiger partial charge in [0.25, 0.3) is 0 Å². The van der Waals surface area contributed by atoms with Gasteiger partial charge in [0.05, 0.1) is 12.1 Å². The Labute approximate surface area is 163 Å². The average molecular weight is 460 g/mol. The lowest BCUT2D eigenvalue weighted by molar-refractivity contribution is -0.120. The smallest absolute Gasteiger partial charge is 0.244 e. The predicted molar refractivity (Wildman–Crippen MR) is 110 cm³/mol. The second-order valence-electron chi connectivity index (χ2n) is 5.67. The quantitative estimate of drug-likeness (QED) is 0.409. The first kappa shape index (κ1) is 17.8. The Kier molecular flexibility index (Phi) is 5.66. The zero-order valence-corrected chi connectivity index (χ0v) is 16.8. The van der Waals surface area contributed by atoms with Crippen LogP contribution in [0.4, 0.5) is 0 Å². The number of hydrogen-bond donors (Lipinski definition) is 1. The van der Waals surface area contributed by atoms with Crippen molar-refractivity contribution >= 4 is 54.3 Å². The van der Waals surface area contributed by atoms with E-state index in [2.05, 4.69) is 42.4 Å². The van der Waals surface area contributed by atoms with Crippen LogP contribution in [0.5, 0.6) is 0 Å². The van der Waals surface area contributed by atoms with Crippen LogP contribution in [0.15, 0.2) is 74.7 Å². The molecule has 0 aliphatic rings. The Hall–Kier alpha value is -1.98. The molecule has 1 amide bonds. The maximum atomic E-state index is 12.3. The first-order valence-corrected chi connectivity index (χ1v) is 9.38. The molecular formula is C20H16Br2N2O. The van der Waals surface area contributed by atoms with Crippen LogP contribution in [-0.2, 0) is 11.2 Å². The van der Waals surface area contributed by atoms with Gasteiger partial charge in [0.2, 0.25) is 5.91 Å². The fraction of sp³-hybridized carbons (Fsp3) is 0.100. The summed E-state index contributed by atoms with van der Waals surface area (Å²) in [6.45, 7) is 1.87. The topological polar surface area (TPSA) is 41.5 Å². The number of nitrogens with zero attached hydrogens (tertiary/aromatic N) is 1. The first-order valence-electron chi connectivity index (χ1n) is 7.80. The number of fused-ring (bicyclic) bond motifs is 1. The van der Waals surface area contributed by atoms with E-state index in [9.17, 15) is 4.79 Å². The summed E-state index contributed by atoms with van der Waals surface area (Å²) in [6, 6.07) is 19.8. The number of rotatable bonds is 4. The second-order valence-corrected chi connectivity index (χ2v) is 7.44. The van der Waals surface area contributed by atoms with Gasteiger partial charge in [-0.05, 0) is 47.0 Å². The maximum Gasteiger partial charge on any atom is 0.244 e. The van der Waals surface area contributed by atoms with Crippen molar-refractivity contribution in [3.05, 3.63) is 80.7 Å².